The van der Waals surface area contributed by atoms with Crippen LogP contribution in [0, 0.1) is 4.91 Å². The first-order chi connectivity index (χ1) is 7.65. The van der Waals surface area contributed by atoms with E-state index in [1.54, 1.807) is 24.3 Å². The Morgan fingerprint density at radius 3 is 2.44 bits per heavy atom. The molecule has 1 aromatic rings. The van der Waals surface area contributed by atoms with Crippen LogP contribution in [0.15, 0.2) is 35.5 Å². The zero-order valence-corrected chi connectivity index (χ0v) is 8.75. The number of rotatable bonds is 5. The SMILES string of the molecule is CC(=O)C(N=O)C(=O)OCc1ccccc1. The van der Waals surface area contributed by atoms with Gasteiger partial charge in [-0.1, -0.05) is 30.3 Å². The second kappa shape index (κ2) is 5.75. The Labute approximate surface area is 92.4 Å². The summed E-state index contributed by atoms with van der Waals surface area (Å²) in [7, 11) is 0. The lowest BCUT2D eigenvalue weighted by atomic mass is 10.2. The highest BCUT2D eigenvalue weighted by Crippen LogP contribution is 2.03. The number of hydrogen-bond acceptors (Lipinski definition) is 5. The minimum absolute atomic E-state index is 0.0268. The van der Waals surface area contributed by atoms with E-state index in [1.165, 1.54) is 0 Å². The Morgan fingerprint density at radius 1 is 1.31 bits per heavy atom. The minimum atomic E-state index is -1.55. The smallest absolute Gasteiger partial charge is 0.342 e. The summed E-state index contributed by atoms with van der Waals surface area (Å²) in [4.78, 5) is 32.3. The predicted octanol–water partition coefficient (Wildman–Crippen LogP) is 1.45. The molecule has 0 aromatic heterocycles. The van der Waals surface area contributed by atoms with Crippen molar-refractivity contribution in [3.63, 3.8) is 0 Å². The molecular formula is C11H11NO4. The molecule has 5 heteroatoms. The molecule has 0 heterocycles. The van der Waals surface area contributed by atoms with Crippen molar-refractivity contribution in [2.45, 2.75) is 19.6 Å². The third kappa shape index (κ3) is 3.27. The van der Waals surface area contributed by atoms with Crippen LogP contribution in [0.5, 0.6) is 0 Å². The van der Waals surface area contributed by atoms with E-state index in [9.17, 15) is 14.5 Å². The molecule has 16 heavy (non-hydrogen) atoms. The molecule has 0 N–H and O–H groups in total. The molecule has 1 aromatic carbocycles. The number of Topliss-reactive ketones (excluding diaryl/α,β-unsaturated/α-hetero) is 1. The van der Waals surface area contributed by atoms with Crippen molar-refractivity contribution in [2.24, 2.45) is 5.18 Å². The highest BCUT2D eigenvalue weighted by atomic mass is 16.5. The lowest BCUT2D eigenvalue weighted by Gasteiger charge is -2.06. The standard InChI is InChI=1S/C11H11NO4/c1-8(13)10(12-15)11(14)16-7-9-5-3-2-4-6-9/h2-6,10H,7H2,1H3. The molecule has 0 aliphatic carbocycles. The molecule has 0 bridgehead atoms. The van der Waals surface area contributed by atoms with E-state index in [-0.39, 0.29) is 6.61 Å². The van der Waals surface area contributed by atoms with Gasteiger partial charge >= 0.3 is 5.97 Å². The maximum atomic E-state index is 11.3. The fourth-order valence-electron chi connectivity index (χ4n) is 1.09. The molecule has 0 saturated heterocycles. The number of ether oxygens (including phenoxy) is 1. The molecule has 0 radical (unpaired) electrons. The normalized spacial score (nSPS) is 11.6. The lowest BCUT2D eigenvalue weighted by Crippen LogP contribution is -2.27. The van der Waals surface area contributed by atoms with Crippen LogP contribution < -0.4 is 0 Å². The van der Waals surface area contributed by atoms with Crippen LogP contribution in [-0.4, -0.2) is 17.8 Å². The third-order valence-corrected chi connectivity index (χ3v) is 1.94. The number of carbonyl (C=O) groups excluding carboxylic acids is 2. The van der Waals surface area contributed by atoms with Crippen LogP contribution in [0.3, 0.4) is 0 Å². The van der Waals surface area contributed by atoms with Crippen molar-refractivity contribution < 1.29 is 14.3 Å². The van der Waals surface area contributed by atoms with Crippen LogP contribution in [0.2, 0.25) is 0 Å². The van der Waals surface area contributed by atoms with Crippen LogP contribution in [0.1, 0.15) is 12.5 Å². The van der Waals surface area contributed by atoms with Gasteiger partial charge in [-0.05, 0) is 17.7 Å². The fourth-order valence-corrected chi connectivity index (χ4v) is 1.09. The molecule has 0 amide bonds. The third-order valence-electron chi connectivity index (χ3n) is 1.94. The zero-order valence-electron chi connectivity index (χ0n) is 8.75. The van der Waals surface area contributed by atoms with E-state index in [0.29, 0.717) is 0 Å². The van der Waals surface area contributed by atoms with Crippen LogP contribution in [0.4, 0.5) is 0 Å². The van der Waals surface area contributed by atoms with Crippen molar-refractivity contribution >= 4 is 11.8 Å². The van der Waals surface area contributed by atoms with Gasteiger partial charge < -0.3 is 4.74 Å². The van der Waals surface area contributed by atoms with E-state index in [2.05, 4.69) is 5.18 Å². The molecule has 1 unspecified atom stereocenters. The zero-order chi connectivity index (χ0) is 12.0. The number of nitroso groups, excluding NO2 is 1. The van der Waals surface area contributed by atoms with Crippen molar-refractivity contribution in [2.75, 3.05) is 0 Å². The summed E-state index contributed by atoms with van der Waals surface area (Å²) in [6.07, 6.45) is 0. The van der Waals surface area contributed by atoms with Gasteiger partial charge in [-0.25, -0.2) is 4.79 Å². The number of esters is 1. The second-order valence-electron chi connectivity index (χ2n) is 3.21. The van der Waals surface area contributed by atoms with Gasteiger partial charge in [0, 0.05) is 0 Å². The van der Waals surface area contributed by atoms with E-state index < -0.39 is 17.8 Å². The molecule has 5 nitrogen and oxygen atoms in total. The second-order valence-corrected chi connectivity index (χ2v) is 3.21. The molecule has 0 saturated carbocycles. The quantitative estimate of drug-likeness (QED) is 0.428. The topological polar surface area (TPSA) is 72.8 Å². The van der Waals surface area contributed by atoms with Crippen LogP contribution in [-0.2, 0) is 20.9 Å². The molecule has 1 atom stereocenters. The van der Waals surface area contributed by atoms with Crippen LogP contribution in [0.25, 0.3) is 0 Å². The number of hydrogen-bond donors (Lipinski definition) is 0. The Balaban J connectivity index is 2.52. The molecule has 0 spiro atoms. The van der Waals surface area contributed by atoms with Crippen molar-refractivity contribution in [1.82, 2.24) is 0 Å². The van der Waals surface area contributed by atoms with E-state index in [1.807, 2.05) is 6.07 Å². The number of benzene rings is 1. The van der Waals surface area contributed by atoms with E-state index in [0.717, 1.165) is 12.5 Å². The average Bonchev–Trinajstić information content (AvgIpc) is 2.28. The molecular weight excluding hydrogens is 210 g/mol. The van der Waals surface area contributed by atoms with Gasteiger partial charge in [0.05, 0.1) is 0 Å². The maximum Gasteiger partial charge on any atom is 0.342 e. The average molecular weight is 221 g/mol. The number of nitrogens with zero attached hydrogens (tertiary/aromatic N) is 1. The van der Waals surface area contributed by atoms with Gasteiger partial charge in [-0.15, -0.1) is 4.91 Å². The highest BCUT2D eigenvalue weighted by molar-refractivity contribution is 6.02. The molecule has 84 valence electrons. The Hall–Kier alpha value is -2.04. The van der Waals surface area contributed by atoms with Crippen LogP contribution >= 0.6 is 0 Å². The van der Waals surface area contributed by atoms with Gasteiger partial charge in [-0.2, -0.15) is 0 Å². The summed E-state index contributed by atoms with van der Waals surface area (Å²) >= 11 is 0. The van der Waals surface area contributed by atoms with Gasteiger partial charge in [0.1, 0.15) is 6.61 Å². The first-order valence-corrected chi connectivity index (χ1v) is 4.68. The Morgan fingerprint density at radius 2 is 1.94 bits per heavy atom. The summed E-state index contributed by atoms with van der Waals surface area (Å²) < 4.78 is 4.79. The summed E-state index contributed by atoms with van der Waals surface area (Å²) in [6.45, 7) is 1.15. The molecule has 0 aliphatic heterocycles. The number of carbonyl (C=O) groups is 2. The molecule has 0 aliphatic rings. The monoisotopic (exact) mass is 221 g/mol. The van der Waals surface area contributed by atoms with Crippen molar-refractivity contribution in [3.05, 3.63) is 40.8 Å². The van der Waals surface area contributed by atoms with Gasteiger partial charge in [0.25, 0.3) is 0 Å². The molecule has 0 fully saturated rings. The summed E-state index contributed by atoms with van der Waals surface area (Å²) in [5, 5.41) is 2.43. The fraction of sp³-hybridized carbons (Fsp3) is 0.273. The summed E-state index contributed by atoms with van der Waals surface area (Å²) in [5.41, 5.74) is 0.782. The van der Waals surface area contributed by atoms with E-state index in [4.69, 9.17) is 4.74 Å². The maximum absolute atomic E-state index is 11.3. The van der Waals surface area contributed by atoms with Gasteiger partial charge in [-0.3, -0.25) is 4.79 Å². The van der Waals surface area contributed by atoms with Crippen molar-refractivity contribution in [3.8, 4) is 0 Å². The minimum Gasteiger partial charge on any atom is -0.459 e. The summed E-state index contributed by atoms with van der Waals surface area (Å²) in [5.74, 6) is -1.53. The summed E-state index contributed by atoms with van der Waals surface area (Å²) in [6, 6.07) is 7.40. The lowest BCUT2D eigenvalue weighted by molar-refractivity contribution is -0.148. The highest BCUT2D eigenvalue weighted by Gasteiger charge is 2.25. The first-order valence-electron chi connectivity index (χ1n) is 4.68. The van der Waals surface area contributed by atoms with Gasteiger partial charge in [0.2, 0.25) is 6.04 Å². The van der Waals surface area contributed by atoms with Crippen molar-refractivity contribution in [1.29, 1.82) is 0 Å². The Bertz CT molecular complexity index is 388. The predicted molar refractivity (Wildman–Crippen MR) is 56.5 cm³/mol. The first kappa shape index (κ1) is 12.0. The number of ketones is 1. The Kier molecular flexibility index (Phi) is 4.32. The molecule has 1 rings (SSSR count). The van der Waals surface area contributed by atoms with E-state index >= 15 is 0 Å². The van der Waals surface area contributed by atoms with Gasteiger partial charge in [0.15, 0.2) is 5.78 Å². The largest absolute Gasteiger partial charge is 0.459 e.